The Bertz CT molecular complexity index is 598. The van der Waals surface area contributed by atoms with Crippen molar-refractivity contribution in [3.8, 4) is 5.75 Å². The minimum absolute atomic E-state index is 0.130. The first-order valence-electron chi connectivity index (χ1n) is 7.31. The van der Waals surface area contributed by atoms with Gasteiger partial charge in [-0.3, -0.25) is 0 Å². The van der Waals surface area contributed by atoms with Crippen molar-refractivity contribution in [2.75, 3.05) is 0 Å². The van der Waals surface area contributed by atoms with E-state index in [1.165, 1.54) is 12.1 Å². The van der Waals surface area contributed by atoms with E-state index >= 15 is 0 Å². The van der Waals surface area contributed by atoms with E-state index in [4.69, 9.17) is 10.5 Å². The van der Waals surface area contributed by atoms with Crippen molar-refractivity contribution in [1.82, 2.24) is 0 Å². The van der Waals surface area contributed by atoms with Gasteiger partial charge in [-0.05, 0) is 54.7 Å². The summed E-state index contributed by atoms with van der Waals surface area (Å²) in [5.74, 6) is 0.588. The van der Waals surface area contributed by atoms with Crippen LogP contribution in [0.2, 0.25) is 0 Å². The number of hydrogen-bond donors (Lipinski definition) is 1. The first kappa shape index (κ1) is 15.5. The number of ether oxygens (including phenoxy) is 1. The van der Waals surface area contributed by atoms with E-state index in [0.29, 0.717) is 6.61 Å². The molecule has 0 aliphatic rings. The molecule has 2 aromatic carbocycles. The summed E-state index contributed by atoms with van der Waals surface area (Å²) in [6.07, 6.45) is 1.71. The highest BCUT2D eigenvalue weighted by Crippen LogP contribution is 2.22. The summed E-state index contributed by atoms with van der Waals surface area (Å²) in [6, 6.07) is 12.8. The number of hydrogen-bond acceptors (Lipinski definition) is 2. The summed E-state index contributed by atoms with van der Waals surface area (Å²) < 4.78 is 19.2. The molecule has 2 N–H and O–H groups in total. The lowest BCUT2D eigenvalue weighted by atomic mass is 10.0. The van der Waals surface area contributed by atoms with Crippen LogP contribution in [0.25, 0.3) is 0 Å². The van der Waals surface area contributed by atoms with Gasteiger partial charge >= 0.3 is 0 Å². The summed E-state index contributed by atoms with van der Waals surface area (Å²) in [7, 11) is 0. The minimum Gasteiger partial charge on any atom is -0.489 e. The van der Waals surface area contributed by atoms with Crippen molar-refractivity contribution >= 4 is 0 Å². The molecule has 2 nitrogen and oxygen atoms in total. The molecule has 21 heavy (non-hydrogen) atoms. The fraction of sp³-hybridized carbons (Fsp3) is 0.333. The minimum atomic E-state index is -0.236. The number of benzene rings is 2. The SMILES string of the molecule is CCC(N)Cc1ccccc1OCc1cc(F)ccc1C. The fourth-order valence-corrected chi connectivity index (χ4v) is 2.19. The molecule has 0 amide bonds. The molecule has 0 heterocycles. The van der Waals surface area contributed by atoms with Crippen molar-refractivity contribution in [3.63, 3.8) is 0 Å². The molecular weight excluding hydrogens is 265 g/mol. The smallest absolute Gasteiger partial charge is 0.123 e. The molecule has 0 aliphatic heterocycles. The summed E-state index contributed by atoms with van der Waals surface area (Å²) in [4.78, 5) is 0. The quantitative estimate of drug-likeness (QED) is 0.871. The van der Waals surface area contributed by atoms with Crippen LogP contribution < -0.4 is 10.5 Å². The van der Waals surface area contributed by atoms with Crippen LogP contribution >= 0.6 is 0 Å². The van der Waals surface area contributed by atoms with Crippen molar-refractivity contribution in [3.05, 3.63) is 65.0 Å². The molecule has 112 valence electrons. The molecule has 0 bridgehead atoms. The second-order valence-electron chi connectivity index (χ2n) is 5.34. The van der Waals surface area contributed by atoms with Crippen LogP contribution in [0, 0.1) is 12.7 Å². The van der Waals surface area contributed by atoms with Crippen LogP contribution in [0.4, 0.5) is 4.39 Å². The van der Waals surface area contributed by atoms with Gasteiger partial charge in [-0.15, -0.1) is 0 Å². The van der Waals surface area contributed by atoms with Gasteiger partial charge < -0.3 is 10.5 Å². The summed E-state index contributed by atoms with van der Waals surface area (Å²) in [6.45, 7) is 4.39. The molecule has 1 unspecified atom stereocenters. The largest absolute Gasteiger partial charge is 0.489 e. The predicted octanol–water partition coefficient (Wildman–Crippen LogP) is 3.99. The monoisotopic (exact) mass is 287 g/mol. The lowest BCUT2D eigenvalue weighted by Gasteiger charge is -2.15. The van der Waals surface area contributed by atoms with Gasteiger partial charge in [-0.25, -0.2) is 4.39 Å². The molecule has 3 heteroatoms. The Labute approximate surface area is 125 Å². The molecule has 0 saturated heterocycles. The average molecular weight is 287 g/mol. The third-order valence-corrected chi connectivity index (χ3v) is 3.67. The van der Waals surface area contributed by atoms with E-state index in [-0.39, 0.29) is 11.9 Å². The third-order valence-electron chi connectivity index (χ3n) is 3.67. The van der Waals surface area contributed by atoms with E-state index in [0.717, 1.165) is 35.3 Å². The van der Waals surface area contributed by atoms with Crippen molar-refractivity contribution in [2.45, 2.75) is 39.3 Å². The van der Waals surface area contributed by atoms with E-state index in [9.17, 15) is 4.39 Å². The van der Waals surface area contributed by atoms with Gasteiger partial charge in [0.15, 0.2) is 0 Å². The molecule has 1 atom stereocenters. The number of halogens is 1. The van der Waals surface area contributed by atoms with Crippen molar-refractivity contribution in [1.29, 1.82) is 0 Å². The Morgan fingerprint density at radius 2 is 1.90 bits per heavy atom. The zero-order chi connectivity index (χ0) is 15.2. The number of para-hydroxylation sites is 1. The van der Waals surface area contributed by atoms with Crippen molar-refractivity contribution < 1.29 is 9.13 Å². The maximum Gasteiger partial charge on any atom is 0.123 e. The lowest BCUT2D eigenvalue weighted by Crippen LogP contribution is -2.21. The van der Waals surface area contributed by atoms with Gasteiger partial charge in [0, 0.05) is 6.04 Å². The first-order chi connectivity index (χ1) is 10.1. The highest BCUT2D eigenvalue weighted by atomic mass is 19.1. The molecule has 0 fully saturated rings. The average Bonchev–Trinajstić information content (AvgIpc) is 2.49. The van der Waals surface area contributed by atoms with E-state index in [1.54, 1.807) is 6.07 Å². The topological polar surface area (TPSA) is 35.2 Å². The maximum absolute atomic E-state index is 13.3. The molecule has 0 radical (unpaired) electrons. The maximum atomic E-state index is 13.3. The Morgan fingerprint density at radius 1 is 1.14 bits per heavy atom. The Balaban J connectivity index is 2.11. The van der Waals surface area contributed by atoms with Crippen LogP contribution in [0.1, 0.15) is 30.0 Å². The van der Waals surface area contributed by atoms with E-state index in [1.807, 2.05) is 31.2 Å². The summed E-state index contributed by atoms with van der Waals surface area (Å²) >= 11 is 0. The molecule has 2 aromatic rings. The van der Waals surface area contributed by atoms with Crippen molar-refractivity contribution in [2.24, 2.45) is 5.73 Å². The first-order valence-corrected chi connectivity index (χ1v) is 7.31. The lowest BCUT2D eigenvalue weighted by molar-refractivity contribution is 0.300. The standard InChI is InChI=1S/C18H22FNO/c1-3-17(20)11-14-6-4-5-7-18(14)21-12-15-10-16(19)9-8-13(15)2/h4-10,17H,3,11-12,20H2,1-2H3. The van der Waals surface area contributed by atoms with Gasteiger partial charge in [-0.2, -0.15) is 0 Å². The Hall–Kier alpha value is -1.87. The highest BCUT2D eigenvalue weighted by molar-refractivity contribution is 5.35. The van der Waals surface area contributed by atoms with E-state index in [2.05, 4.69) is 6.92 Å². The van der Waals surface area contributed by atoms with Gasteiger partial charge in [0.05, 0.1) is 0 Å². The normalized spacial score (nSPS) is 12.2. The second-order valence-corrected chi connectivity index (χ2v) is 5.34. The van der Waals surface area contributed by atoms with Gasteiger partial charge in [0.2, 0.25) is 0 Å². The molecule has 0 spiro atoms. The molecular formula is C18H22FNO. The van der Waals surface area contributed by atoms with Gasteiger partial charge in [0.25, 0.3) is 0 Å². The van der Waals surface area contributed by atoms with E-state index < -0.39 is 0 Å². The molecule has 0 aromatic heterocycles. The highest BCUT2D eigenvalue weighted by Gasteiger charge is 2.08. The zero-order valence-electron chi connectivity index (χ0n) is 12.6. The Morgan fingerprint density at radius 3 is 2.67 bits per heavy atom. The number of rotatable bonds is 6. The van der Waals surface area contributed by atoms with Gasteiger partial charge in [0.1, 0.15) is 18.2 Å². The number of aryl methyl sites for hydroxylation is 1. The zero-order valence-corrected chi connectivity index (χ0v) is 12.6. The van der Waals surface area contributed by atoms with Crippen LogP contribution in [0.3, 0.4) is 0 Å². The summed E-state index contributed by atoms with van der Waals surface area (Å²) in [5, 5.41) is 0. The van der Waals surface area contributed by atoms with Crippen LogP contribution in [0.5, 0.6) is 5.75 Å². The van der Waals surface area contributed by atoms with Crippen LogP contribution in [-0.2, 0) is 13.0 Å². The second kappa shape index (κ2) is 7.23. The number of nitrogens with two attached hydrogens (primary N) is 1. The van der Waals surface area contributed by atoms with Crippen LogP contribution in [0.15, 0.2) is 42.5 Å². The third kappa shape index (κ3) is 4.30. The summed E-state index contributed by atoms with van der Waals surface area (Å²) in [5.41, 5.74) is 9.01. The Kier molecular flexibility index (Phi) is 5.34. The predicted molar refractivity (Wildman–Crippen MR) is 83.9 cm³/mol. The van der Waals surface area contributed by atoms with Crippen LogP contribution in [-0.4, -0.2) is 6.04 Å². The fourth-order valence-electron chi connectivity index (χ4n) is 2.19. The van der Waals surface area contributed by atoms with Gasteiger partial charge in [-0.1, -0.05) is 31.2 Å². The molecule has 0 aliphatic carbocycles. The molecule has 0 saturated carbocycles. The molecule has 2 rings (SSSR count).